The SMILES string of the molecule is CN(CC1(N(C)C)CCC1)c1nc(Cl)ncc1Cl. The van der Waals surface area contributed by atoms with E-state index in [1.54, 1.807) is 6.20 Å². The van der Waals surface area contributed by atoms with Crippen LogP contribution in [-0.2, 0) is 0 Å². The summed E-state index contributed by atoms with van der Waals surface area (Å²) < 4.78 is 0. The van der Waals surface area contributed by atoms with Crippen LogP contribution in [0.4, 0.5) is 5.82 Å². The number of hydrogen-bond donors (Lipinski definition) is 0. The third kappa shape index (κ3) is 2.56. The monoisotopic (exact) mass is 288 g/mol. The first-order valence-corrected chi connectivity index (χ1v) is 6.77. The molecule has 1 aromatic heterocycles. The van der Waals surface area contributed by atoms with Crippen LogP contribution >= 0.6 is 23.2 Å². The minimum Gasteiger partial charge on any atom is -0.356 e. The van der Waals surface area contributed by atoms with E-state index in [-0.39, 0.29) is 10.8 Å². The first-order valence-electron chi connectivity index (χ1n) is 6.01. The molecule has 0 aromatic carbocycles. The molecule has 1 fully saturated rings. The highest BCUT2D eigenvalue weighted by atomic mass is 35.5. The van der Waals surface area contributed by atoms with E-state index in [2.05, 4.69) is 33.9 Å². The van der Waals surface area contributed by atoms with Crippen LogP contribution in [0.2, 0.25) is 10.3 Å². The van der Waals surface area contributed by atoms with Gasteiger partial charge in [-0.3, -0.25) is 0 Å². The van der Waals surface area contributed by atoms with Crippen LogP contribution in [0.5, 0.6) is 0 Å². The highest BCUT2D eigenvalue weighted by Crippen LogP contribution is 2.38. The summed E-state index contributed by atoms with van der Waals surface area (Å²) in [6, 6.07) is 0. The van der Waals surface area contributed by atoms with Gasteiger partial charge in [0.15, 0.2) is 5.82 Å². The van der Waals surface area contributed by atoms with Crippen LogP contribution in [0.3, 0.4) is 0 Å². The van der Waals surface area contributed by atoms with E-state index >= 15 is 0 Å². The molecule has 1 aliphatic rings. The quantitative estimate of drug-likeness (QED) is 0.798. The average Bonchev–Trinajstić information content (AvgIpc) is 2.26. The summed E-state index contributed by atoms with van der Waals surface area (Å²) in [6.07, 6.45) is 5.25. The maximum atomic E-state index is 6.12. The number of rotatable bonds is 4. The molecular weight excluding hydrogens is 271 g/mol. The average molecular weight is 289 g/mol. The molecule has 18 heavy (non-hydrogen) atoms. The van der Waals surface area contributed by atoms with Crippen LogP contribution in [0.25, 0.3) is 0 Å². The highest BCUT2D eigenvalue weighted by Gasteiger charge is 2.40. The third-order valence-electron chi connectivity index (χ3n) is 3.82. The molecule has 0 N–H and O–H groups in total. The van der Waals surface area contributed by atoms with E-state index in [0.29, 0.717) is 10.8 Å². The summed E-state index contributed by atoms with van der Waals surface area (Å²) in [4.78, 5) is 12.4. The first-order chi connectivity index (χ1) is 8.44. The van der Waals surface area contributed by atoms with Gasteiger partial charge in [-0.1, -0.05) is 11.6 Å². The molecule has 0 bridgehead atoms. The Kier molecular flexibility index (Phi) is 3.99. The van der Waals surface area contributed by atoms with Crippen molar-refractivity contribution in [1.82, 2.24) is 14.9 Å². The predicted octanol–water partition coefficient (Wildman–Crippen LogP) is 2.70. The van der Waals surface area contributed by atoms with Gasteiger partial charge < -0.3 is 9.80 Å². The van der Waals surface area contributed by atoms with Crippen molar-refractivity contribution in [1.29, 1.82) is 0 Å². The lowest BCUT2D eigenvalue weighted by Crippen LogP contribution is -2.56. The van der Waals surface area contributed by atoms with Crippen molar-refractivity contribution >= 4 is 29.0 Å². The summed E-state index contributed by atoms with van der Waals surface area (Å²) in [5, 5.41) is 0.767. The second-order valence-corrected chi connectivity index (χ2v) is 5.88. The zero-order chi connectivity index (χ0) is 13.3. The van der Waals surface area contributed by atoms with Gasteiger partial charge in [-0.05, 0) is 45.0 Å². The van der Waals surface area contributed by atoms with Gasteiger partial charge in [0.25, 0.3) is 0 Å². The van der Waals surface area contributed by atoms with Crippen molar-refractivity contribution in [3.8, 4) is 0 Å². The molecule has 6 heteroatoms. The second-order valence-electron chi connectivity index (χ2n) is 5.14. The highest BCUT2D eigenvalue weighted by molar-refractivity contribution is 6.33. The maximum Gasteiger partial charge on any atom is 0.224 e. The van der Waals surface area contributed by atoms with E-state index in [4.69, 9.17) is 23.2 Å². The zero-order valence-corrected chi connectivity index (χ0v) is 12.5. The van der Waals surface area contributed by atoms with Crippen molar-refractivity contribution in [2.75, 3.05) is 32.6 Å². The first kappa shape index (κ1) is 13.8. The Morgan fingerprint density at radius 2 is 1.94 bits per heavy atom. The summed E-state index contributed by atoms with van der Waals surface area (Å²) >= 11 is 11.9. The lowest BCUT2D eigenvalue weighted by atomic mass is 9.75. The second kappa shape index (κ2) is 5.19. The van der Waals surface area contributed by atoms with Crippen molar-refractivity contribution < 1.29 is 0 Å². The number of aromatic nitrogens is 2. The lowest BCUT2D eigenvalue weighted by Gasteiger charge is -2.49. The van der Waals surface area contributed by atoms with Crippen molar-refractivity contribution in [3.05, 3.63) is 16.5 Å². The Hall–Kier alpha value is -0.580. The van der Waals surface area contributed by atoms with Gasteiger partial charge in [0.1, 0.15) is 5.02 Å². The van der Waals surface area contributed by atoms with Gasteiger partial charge in [-0.15, -0.1) is 0 Å². The molecular formula is C12H18Cl2N4. The number of hydrogen-bond acceptors (Lipinski definition) is 4. The van der Waals surface area contributed by atoms with Gasteiger partial charge in [0.05, 0.1) is 6.20 Å². The summed E-state index contributed by atoms with van der Waals surface area (Å²) in [6.45, 7) is 0.896. The van der Waals surface area contributed by atoms with Gasteiger partial charge in [-0.2, -0.15) is 4.98 Å². The van der Waals surface area contributed by atoms with Crippen LogP contribution in [-0.4, -0.2) is 48.1 Å². The fraction of sp³-hybridized carbons (Fsp3) is 0.667. The lowest BCUT2D eigenvalue weighted by molar-refractivity contribution is 0.0682. The van der Waals surface area contributed by atoms with Crippen molar-refractivity contribution in [2.24, 2.45) is 0 Å². The molecule has 0 amide bonds. The minimum absolute atomic E-state index is 0.230. The predicted molar refractivity (Wildman–Crippen MR) is 75.6 cm³/mol. The summed E-state index contributed by atoms with van der Waals surface area (Å²) in [5.41, 5.74) is 0.232. The van der Waals surface area contributed by atoms with Crippen LogP contribution in [0, 0.1) is 0 Å². The number of nitrogens with zero attached hydrogens (tertiary/aromatic N) is 4. The Labute approximate surface area is 118 Å². The maximum absolute atomic E-state index is 6.12. The number of halogens is 2. The molecule has 2 rings (SSSR count). The molecule has 0 spiro atoms. The fourth-order valence-electron chi connectivity index (χ4n) is 2.45. The van der Waals surface area contributed by atoms with Crippen LogP contribution in [0.15, 0.2) is 6.20 Å². The van der Waals surface area contributed by atoms with Crippen molar-refractivity contribution in [2.45, 2.75) is 24.8 Å². The molecule has 0 atom stereocenters. The molecule has 0 saturated heterocycles. The molecule has 0 aliphatic heterocycles. The summed E-state index contributed by atoms with van der Waals surface area (Å²) in [7, 11) is 6.25. The Morgan fingerprint density at radius 3 is 2.44 bits per heavy atom. The largest absolute Gasteiger partial charge is 0.356 e. The van der Waals surface area contributed by atoms with Gasteiger partial charge in [0, 0.05) is 19.1 Å². The van der Waals surface area contributed by atoms with E-state index in [0.717, 1.165) is 6.54 Å². The normalized spacial score (nSPS) is 17.7. The molecule has 0 radical (unpaired) electrons. The molecule has 4 nitrogen and oxygen atoms in total. The van der Waals surface area contributed by atoms with Crippen LogP contribution < -0.4 is 4.90 Å². The van der Waals surface area contributed by atoms with E-state index in [1.807, 2.05) is 7.05 Å². The molecule has 1 aromatic rings. The molecule has 1 aliphatic carbocycles. The van der Waals surface area contributed by atoms with Crippen molar-refractivity contribution in [3.63, 3.8) is 0 Å². The Morgan fingerprint density at radius 1 is 1.28 bits per heavy atom. The van der Waals surface area contributed by atoms with E-state index in [9.17, 15) is 0 Å². The van der Waals surface area contributed by atoms with Gasteiger partial charge in [-0.25, -0.2) is 4.98 Å². The smallest absolute Gasteiger partial charge is 0.224 e. The standard InChI is InChI=1S/C12H18Cl2N4/c1-17(2)12(5-4-6-12)8-18(3)10-9(13)7-15-11(14)16-10/h7H,4-6,8H2,1-3H3. The van der Waals surface area contributed by atoms with E-state index < -0.39 is 0 Å². The van der Waals surface area contributed by atoms with Gasteiger partial charge in [0.2, 0.25) is 5.28 Å². The van der Waals surface area contributed by atoms with E-state index in [1.165, 1.54) is 19.3 Å². The molecule has 1 heterocycles. The zero-order valence-electron chi connectivity index (χ0n) is 11.0. The Balaban J connectivity index is 2.16. The molecule has 100 valence electrons. The molecule has 1 saturated carbocycles. The minimum atomic E-state index is 0.230. The third-order valence-corrected chi connectivity index (χ3v) is 4.27. The Bertz CT molecular complexity index is 432. The fourth-order valence-corrected chi connectivity index (χ4v) is 2.82. The number of anilines is 1. The molecule has 0 unspecified atom stereocenters. The number of likely N-dealkylation sites (N-methyl/N-ethyl adjacent to an activating group) is 2. The van der Waals surface area contributed by atoms with Crippen LogP contribution in [0.1, 0.15) is 19.3 Å². The topological polar surface area (TPSA) is 32.3 Å². The van der Waals surface area contributed by atoms with Gasteiger partial charge >= 0.3 is 0 Å². The summed E-state index contributed by atoms with van der Waals surface area (Å²) in [5.74, 6) is 0.699.